The number of hydrogen-bond donors (Lipinski definition) is 1. The number of halogens is 1. The van der Waals surface area contributed by atoms with Crippen LogP contribution in [0.2, 0.25) is 0 Å². The summed E-state index contributed by atoms with van der Waals surface area (Å²) >= 11 is 0. The Morgan fingerprint density at radius 1 is 1.06 bits per heavy atom. The Balaban J connectivity index is 2.20. The first-order valence-electron chi connectivity index (χ1n) is 12.2. The van der Waals surface area contributed by atoms with Gasteiger partial charge < -0.3 is 10.2 Å². The summed E-state index contributed by atoms with van der Waals surface area (Å²) in [5, 5.41) is 2.91. The Morgan fingerprint density at radius 3 is 2.28 bits per heavy atom. The Hall–Kier alpha value is -2.94. The van der Waals surface area contributed by atoms with Crippen LogP contribution in [0.5, 0.6) is 0 Å². The highest BCUT2D eigenvalue weighted by atomic mass is 32.2. The van der Waals surface area contributed by atoms with Crippen molar-refractivity contribution in [1.82, 2.24) is 10.2 Å². The Labute approximate surface area is 214 Å². The van der Waals surface area contributed by atoms with Gasteiger partial charge in [0, 0.05) is 25.6 Å². The minimum atomic E-state index is -3.57. The molecule has 2 amide bonds. The van der Waals surface area contributed by atoms with Crippen LogP contribution in [0.4, 0.5) is 10.1 Å². The third-order valence-electron chi connectivity index (χ3n) is 6.22. The molecule has 0 aliphatic carbocycles. The van der Waals surface area contributed by atoms with Crippen molar-refractivity contribution in [2.24, 2.45) is 0 Å². The summed E-state index contributed by atoms with van der Waals surface area (Å²) in [7, 11) is -3.57. The zero-order valence-electron chi connectivity index (χ0n) is 22.0. The average Bonchev–Trinajstić information content (AvgIpc) is 2.81. The smallest absolute Gasteiger partial charge is 0.242 e. The van der Waals surface area contributed by atoms with Crippen molar-refractivity contribution in [2.45, 2.75) is 72.5 Å². The number of benzene rings is 2. The van der Waals surface area contributed by atoms with E-state index >= 15 is 0 Å². The van der Waals surface area contributed by atoms with Crippen molar-refractivity contribution in [3.05, 3.63) is 65.0 Å². The van der Waals surface area contributed by atoms with E-state index in [1.54, 1.807) is 19.1 Å². The fourth-order valence-electron chi connectivity index (χ4n) is 3.81. The number of rotatable bonds is 12. The van der Waals surface area contributed by atoms with Crippen molar-refractivity contribution in [1.29, 1.82) is 0 Å². The van der Waals surface area contributed by atoms with Crippen LogP contribution < -0.4 is 9.62 Å². The van der Waals surface area contributed by atoms with Gasteiger partial charge in [0.15, 0.2) is 0 Å². The summed E-state index contributed by atoms with van der Waals surface area (Å²) in [6.45, 7) is 9.53. The summed E-state index contributed by atoms with van der Waals surface area (Å²) in [6, 6.07) is 10.6. The molecule has 0 radical (unpaired) electrons. The summed E-state index contributed by atoms with van der Waals surface area (Å²) in [5.41, 5.74) is 3.05. The number of anilines is 1. The number of nitrogens with one attached hydrogen (secondary N) is 1. The molecule has 0 heterocycles. The van der Waals surface area contributed by atoms with E-state index in [9.17, 15) is 22.4 Å². The van der Waals surface area contributed by atoms with Crippen molar-refractivity contribution in [2.75, 3.05) is 17.1 Å². The molecule has 7 nitrogen and oxygen atoms in total. The molecule has 2 atom stereocenters. The minimum absolute atomic E-state index is 0.0383. The maximum absolute atomic E-state index is 13.4. The lowest BCUT2D eigenvalue weighted by atomic mass is 10.1. The van der Waals surface area contributed by atoms with Gasteiger partial charge in [0.05, 0.1) is 11.9 Å². The maximum atomic E-state index is 13.4. The topological polar surface area (TPSA) is 86.8 Å². The van der Waals surface area contributed by atoms with Gasteiger partial charge in [-0.15, -0.1) is 0 Å². The van der Waals surface area contributed by atoms with E-state index in [1.807, 2.05) is 45.9 Å². The standard InChI is InChI=1S/C27H38FN3O4S/c1-7-21(4)29-27(33)22(5)30(18-23-12-14-24(28)15-13-23)26(32)9-8-16-31(36(6,34)35)25-17-19(2)10-11-20(25)3/h10-15,17,21-22H,7-9,16,18H2,1-6H3,(H,29,33). The SMILES string of the molecule is CCC(C)NC(=O)C(C)N(Cc1ccc(F)cc1)C(=O)CCCN(c1cc(C)ccc1C)S(C)(=O)=O. The molecule has 0 spiro atoms. The molecule has 0 saturated heterocycles. The summed E-state index contributed by atoms with van der Waals surface area (Å²) < 4.78 is 39.8. The molecule has 0 aromatic heterocycles. The number of amides is 2. The van der Waals surface area contributed by atoms with Gasteiger partial charge >= 0.3 is 0 Å². The van der Waals surface area contributed by atoms with Gasteiger partial charge in [-0.05, 0) is 75.4 Å². The first kappa shape index (κ1) is 29.3. The molecule has 198 valence electrons. The first-order chi connectivity index (χ1) is 16.8. The fraction of sp³-hybridized carbons (Fsp3) is 0.481. The van der Waals surface area contributed by atoms with E-state index in [-0.39, 0.29) is 49.6 Å². The summed E-state index contributed by atoms with van der Waals surface area (Å²) in [5.74, 6) is -0.931. The Bertz CT molecular complexity index is 1150. The molecular formula is C27H38FN3O4S. The van der Waals surface area contributed by atoms with Crippen LogP contribution in [0.25, 0.3) is 0 Å². The highest BCUT2D eigenvalue weighted by molar-refractivity contribution is 7.92. The molecule has 1 N–H and O–H groups in total. The van der Waals surface area contributed by atoms with Gasteiger partial charge in [0.25, 0.3) is 0 Å². The molecule has 2 rings (SSSR count). The van der Waals surface area contributed by atoms with Gasteiger partial charge in [-0.25, -0.2) is 12.8 Å². The molecule has 0 fully saturated rings. The average molecular weight is 520 g/mol. The lowest BCUT2D eigenvalue weighted by molar-refractivity contribution is -0.140. The lowest BCUT2D eigenvalue weighted by Gasteiger charge is -2.30. The van der Waals surface area contributed by atoms with Gasteiger partial charge in [0.2, 0.25) is 21.8 Å². The predicted octanol–water partition coefficient (Wildman–Crippen LogP) is 4.32. The van der Waals surface area contributed by atoms with Crippen LogP contribution in [0, 0.1) is 19.7 Å². The van der Waals surface area contributed by atoms with E-state index in [1.165, 1.54) is 21.3 Å². The van der Waals surface area contributed by atoms with Gasteiger partial charge in [0.1, 0.15) is 11.9 Å². The Kier molecular flexibility index (Phi) is 10.5. The monoisotopic (exact) mass is 519 g/mol. The highest BCUT2D eigenvalue weighted by Crippen LogP contribution is 2.24. The lowest BCUT2D eigenvalue weighted by Crippen LogP contribution is -2.49. The van der Waals surface area contributed by atoms with Crippen molar-refractivity contribution in [3.8, 4) is 0 Å². The van der Waals surface area contributed by atoms with Crippen LogP contribution in [0.1, 0.15) is 56.7 Å². The number of hydrogen-bond acceptors (Lipinski definition) is 4. The van der Waals surface area contributed by atoms with E-state index in [0.29, 0.717) is 11.3 Å². The van der Waals surface area contributed by atoms with Crippen LogP contribution in [0.3, 0.4) is 0 Å². The molecule has 2 aromatic rings. The number of aryl methyl sites for hydroxylation is 2. The second kappa shape index (κ2) is 12.9. The zero-order chi connectivity index (χ0) is 27.0. The fourth-order valence-corrected chi connectivity index (χ4v) is 4.82. The minimum Gasteiger partial charge on any atom is -0.352 e. The third kappa shape index (κ3) is 8.33. The van der Waals surface area contributed by atoms with Crippen LogP contribution in [-0.2, 0) is 26.2 Å². The van der Waals surface area contributed by atoms with E-state index in [4.69, 9.17) is 0 Å². The number of carbonyl (C=O) groups excluding carboxylic acids is 2. The van der Waals surface area contributed by atoms with Crippen LogP contribution in [-0.4, -0.2) is 50.0 Å². The quantitative estimate of drug-likeness (QED) is 0.453. The molecule has 2 unspecified atom stereocenters. The van der Waals surface area contributed by atoms with Crippen LogP contribution in [0.15, 0.2) is 42.5 Å². The molecule has 36 heavy (non-hydrogen) atoms. The molecule has 0 aliphatic heterocycles. The largest absolute Gasteiger partial charge is 0.352 e. The van der Waals surface area contributed by atoms with E-state index < -0.39 is 16.1 Å². The molecule has 2 aromatic carbocycles. The van der Waals surface area contributed by atoms with Crippen molar-refractivity contribution in [3.63, 3.8) is 0 Å². The summed E-state index contributed by atoms with van der Waals surface area (Å²) in [4.78, 5) is 27.6. The first-order valence-corrected chi connectivity index (χ1v) is 14.1. The second-order valence-electron chi connectivity index (χ2n) is 9.37. The second-order valence-corrected chi connectivity index (χ2v) is 11.3. The van der Waals surface area contributed by atoms with Crippen molar-refractivity contribution >= 4 is 27.5 Å². The normalized spacial score (nSPS) is 13.1. The van der Waals surface area contributed by atoms with Crippen LogP contribution >= 0.6 is 0 Å². The molecule has 9 heteroatoms. The maximum Gasteiger partial charge on any atom is 0.242 e. The highest BCUT2D eigenvalue weighted by Gasteiger charge is 2.27. The van der Waals surface area contributed by atoms with Crippen molar-refractivity contribution < 1.29 is 22.4 Å². The number of sulfonamides is 1. The van der Waals surface area contributed by atoms with E-state index in [2.05, 4.69) is 5.32 Å². The molecule has 0 saturated carbocycles. The van der Waals surface area contributed by atoms with Gasteiger partial charge in [-0.3, -0.25) is 13.9 Å². The third-order valence-corrected chi connectivity index (χ3v) is 7.40. The molecular weight excluding hydrogens is 481 g/mol. The van der Waals surface area contributed by atoms with Gasteiger partial charge in [-0.2, -0.15) is 0 Å². The molecule has 0 bridgehead atoms. The number of carbonyl (C=O) groups is 2. The van der Waals surface area contributed by atoms with E-state index in [0.717, 1.165) is 23.8 Å². The molecule has 0 aliphatic rings. The Morgan fingerprint density at radius 2 is 1.69 bits per heavy atom. The zero-order valence-corrected chi connectivity index (χ0v) is 22.9. The van der Waals surface area contributed by atoms with Gasteiger partial charge in [-0.1, -0.05) is 31.2 Å². The predicted molar refractivity (Wildman–Crippen MR) is 142 cm³/mol. The summed E-state index contributed by atoms with van der Waals surface area (Å²) in [6.07, 6.45) is 2.24. The number of nitrogens with zero attached hydrogens (tertiary/aromatic N) is 2.